The second-order valence-corrected chi connectivity index (χ2v) is 5.98. The van der Waals surface area contributed by atoms with Crippen LogP contribution in [0, 0.1) is 0 Å². The summed E-state index contributed by atoms with van der Waals surface area (Å²) in [5, 5.41) is 4.45. The third kappa shape index (κ3) is 4.16. The number of ether oxygens (including phenoxy) is 1. The van der Waals surface area contributed by atoms with E-state index in [0.717, 1.165) is 11.3 Å². The third-order valence-electron chi connectivity index (χ3n) is 3.50. The molecule has 0 saturated carbocycles. The number of hydrogen-bond donors (Lipinski definition) is 0. The van der Waals surface area contributed by atoms with Gasteiger partial charge >= 0.3 is 5.97 Å². The standard InChI is InChI=1S/C18H16ClN3O3/c1-22(2)15-8-6-12(7-9-15)18(23)24-11-16-20-17(21-25-16)13-4-3-5-14(19)10-13/h3-10H,11H2,1-2H3. The van der Waals surface area contributed by atoms with Crippen LogP contribution in [0.25, 0.3) is 11.4 Å². The quantitative estimate of drug-likeness (QED) is 0.647. The fourth-order valence-electron chi connectivity index (χ4n) is 2.16. The Balaban J connectivity index is 1.63. The maximum Gasteiger partial charge on any atom is 0.338 e. The third-order valence-corrected chi connectivity index (χ3v) is 3.73. The Kier molecular flexibility index (Phi) is 5.00. The van der Waals surface area contributed by atoms with Crippen LogP contribution in [0.4, 0.5) is 5.69 Å². The zero-order valence-corrected chi connectivity index (χ0v) is 14.5. The average molecular weight is 358 g/mol. The van der Waals surface area contributed by atoms with Crippen molar-refractivity contribution in [1.82, 2.24) is 10.1 Å². The number of hydrogen-bond acceptors (Lipinski definition) is 6. The van der Waals surface area contributed by atoms with Gasteiger partial charge in [-0.3, -0.25) is 0 Å². The molecule has 6 nitrogen and oxygen atoms in total. The molecule has 0 bridgehead atoms. The van der Waals surface area contributed by atoms with Crippen molar-refractivity contribution < 1.29 is 14.1 Å². The molecule has 3 rings (SSSR count). The van der Waals surface area contributed by atoms with Crippen molar-refractivity contribution in [1.29, 1.82) is 0 Å². The number of benzene rings is 2. The van der Waals surface area contributed by atoms with Crippen molar-refractivity contribution in [2.24, 2.45) is 0 Å². The number of carbonyl (C=O) groups excluding carboxylic acids is 1. The molecule has 7 heteroatoms. The van der Waals surface area contributed by atoms with Crippen LogP contribution in [0.15, 0.2) is 53.1 Å². The van der Waals surface area contributed by atoms with Crippen LogP contribution in [0.2, 0.25) is 5.02 Å². The van der Waals surface area contributed by atoms with Gasteiger partial charge in [-0.25, -0.2) is 4.79 Å². The monoisotopic (exact) mass is 357 g/mol. The molecule has 128 valence electrons. The number of anilines is 1. The first-order valence-corrected chi connectivity index (χ1v) is 7.94. The van der Waals surface area contributed by atoms with Gasteiger partial charge in [0.1, 0.15) is 0 Å². The SMILES string of the molecule is CN(C)c1ccc(C(=O)OCc2nc(-c3cccc(Cl)c3)no2)cc1. The molecular formula is C18H16ClN3O3. The molecule has 0 aliphatic carbocycles. The van der Waals surface area contributed by atoms with Crippen molar-refractivity contribution in [3.63, 3.8) is 0 Å². The zero-order valence-electron chi connectivity index (χ0n) is 13.8. The molecule has 1 heterocycles. The Morgan fingerprint density at radius 3 is 2.64 bits per heavy atom. The molecule has 0 spiro atoms. The van der Waals surface area contributed by atoms with Gasteiger partial charge in [-0.1, -0.05) is 28.9 Å². The summed E-state index contributed by atoms with van der Waals surface area (Å²) in [4.78, 5) is 18.2. The minimum atomic E-state index is -0.451. The van der Waals surface area contributed by atoms with Crippen LogP contribution >= 0.6 is 11.6 Å². The highest BCUT2D eigenvalue weighted by molar-refractivity contribution is 6.30. The summed E-state index contributed by atoms with van der Waals surface area (Å²) >= 11 is 5.94. The Hall–Kier alpha value is -2.86. The molecule has 3 aromatic rings. The lowest BCUT2D eigenvalue weighted by Gasteiger charge is -2.12. The molecule has 0 saturated heterocycles. The van der Waals surface area contributed by atoms with Gasteiger partial charge in [0, 0.05) is 30.4 Å². The highest BCUT2D eigenvalue weighted by Gasteiger charge is 2.13. The summed E-state index contributed by atoms with van der Waals surface area (Å²) in [6, 6.07) is 14.2. The minimum Gasteiger partial charge on any atom is -0.452 e. The largest absolute Gasteiger partial charge is 0.452 e. The molecular weight excluding hydrogens is 342 g/mol. The Morgan fingerprint density at radius 2 is 1.96 bits per heavy atom. The predicted octanol–water partition coefficient (Wildman–Crippen LogP) is 3.81. The smallest absolute Gasteiger partial charge is 0.338 e. The van der Waals surface area contributed by atoms with E-state index in [0.29, 0.717) is 16.4 Å². The molecule has 1 aromatic heterocycles. The molecule has 0 amide bonds. The van der Waals surface area contributed by atoms with Gasteiger partial charge < -0.3 is 14.2 Å². The van der Waals surface area contributed by atoms with Crippen molar-refractivity contribution in [3.8, 4) is 11.4 Å². The first-order valence-electron chi connectivity index (χ1n) is 7.56. The number of rotatable bonds is 5. The van der Waals surface area contributed by atoms with Gasteiger partial charge in [-0.15, -0.1) is 0 Å². The maximum absolute atomic E-state index is 12.1. The van der Waals surface area contributed by atoms with E-state index in [9.17, 15) is 4.79 Å². The van der Waals surface area contributed by atoms with E-state index in [1.54, 1.807) is 30.3 Å². The van der Waals surface area contributed by atoms with Gasteiger partial charge in [-0.2, -0.15) is 4.98 Å². The van der Waals surface area contributed by atoms with Gasteiger partial charge in [0.2, 0.25) is 5.82 Å². The summed E-state index contributed by atoms with van der Waals surface area (Å²) < 4.78 is 10.3. The van der Waals surface area contributed by atoms with E-state index in [2.05, 4.69) is 10.1 Å². The van der Waals surface area contributed by atoms with Crippen LogP contribution in [0.3, 0.4) is 0 Å². The molecule has 25 heavy (non-hydrogen) atoms. The predicted molar refractivity (Wildman–Crippen MR) is 94.6 cm³/mol. The molecule has 0 aliphatic rings. The number of aromatic nitrogens is 2. The van der Waals surface area contributed by atoms with E-state index in [1.807, 2.05) is 37.2 Å². The van der Waals surface area contributed by atoms with Gasteiger partial charge in [0.05, 0.1) is 5.56 Å². The lowest BCUT2D eigenvalue weighted by atomic mass is 10.2. The van der Waals surface area contributed by atoms with Crippen molar-refractivity contribution in [3.05, 3.63) is 65.0 Å². The van der Waals surface area contributed by atoms with E-state index in [-0.39, 0.29) is 12.5 Å². The Morgan fingerprint density at radius 1 is 1.20 bits per heavy atom. The lowest BCUT2D eigenvalue weighted by molar-refractivity contribution is 0.0430. The number of nitrogens with zero attached hydrogens (tertiary/aromatic N) is 3. The summed E-state index contributed by atoms with van der Waals surface area (Å²) in [6.07, 6.45) is 0. The number of halogens is 1. The van der Waals surface area contributed by atoms with Crippen LogP contribution < -0.4 is 4.90 Å². The van der Waals surface area contributed by atoms with Crippen LogP contribution in [0.1, 0.15) is 16.2 Å². The highest BCUT2D eigenvalue weighted by atomic mass is 35.5. The second kappa shape index (κ2) is 7.36. The summed E-state index contributed by atoms with van der Waals surface area (Å²) in [6.45, 7) is -0.0954. The second-order valence-electron chi connectivity index (χ2n) is 5.54. The van der Waals surface area contributed by atoms with Crippen LogP contribution in [0.5, 0.6) is 0 Å². The fraction of sp³-hybridized carbons (Fsp3) is 0.167. The van der Waals surface area contributed by atoms with E-state index >= 15 is 0 Å². The average Bonchev–Trinajstić information content (AvgIpc) is 3.09. The van der Waals surface area contributed by atoms with Gasteiger partial charge in [-0.05, 0) is 36.4 Å². The molecule has 0 atom stereocenters. The van der Waals surface area contributed by atoms with E-state index in [4.69, 9.17) is 20.9 Å². The van der Waals surface area contributed by atoms with E-state index < -0.39 is 5.97 Å². The first-order chi connectivity index (χ1) is 12.0. The van der Waals surface area contributed by atoms with Crippen molar-refractivity contribution in [2.45, 2.75) is 6.61 Å². The minimum absolute atomic E-state index is 0.0954. The Labute approximate surface area is 150 Å². The molecule has 0 fully saturated rings. The topological polar surface area (TPSA) is 68.5 Å². The lowest BCUT2D eigenvalue weighted by Crippen LogP contribution is -2.09. The number of esters is 1. The zero-order chi connectivity index (χ0) is 17.8. The van der Waals surface area contributed by atoms with E-state index in [1.165, 1.54) is 0 Å². The van der Waals surface area contributed by atoms with Gasteiger partial charge in [0.15, 0.2) is 6.61 Å². The summed E-state index contributed by atoms with van der Waals surface area (Å²) in [7, 11) is 3.86. The van der Waals surface area contributed by atoms with Crippen LogP contribution in [-0.4, -0.2) is 30.2 Å². The van der Waals surface area contributed by atoms with Crippen LogP contribution in [-0.2, 0) is 11.3 Å². The normalized spacial score (nSPS) is 10.5. The molecule has 0 radical (unpaired) electrons. The maximum atomic E-state index is 12.1. The molecule has 2 aromatic carbocycles. The number of carbonyl (C=O) groups is 1. The molecule has 0 aliphatic heterocycles. The van der Waals surface area contributed by atoms with Gasteiger partial charge in [0.25, 0.3) is 5.89 Å². The van der Waals surface area contributed by atoms with Crippen molar-refractivity contribution >= 4 is 23.3 Å². The first kappa shape index (κ1) is 17.0. The highest BCUT2D eigenvalue weighted by Crippen LogP contribution is 2.20. The molecule has 0 N–H and O–H groups in total. The fourth-order valence-corrected chi connectivity index (χ4v) is 2.35. The molecule has 0 unspecified atom stereocenters. The Bertz CT molecular complexity index is 875. The summed E-state index contributed by atoms with van der Waals surface area (Å²) in [5.74, 6) is 0.157. The van der Waals surface area contributed by atoms with Crippen molar-refractivity contribution in [2.75, 3.05) is 19.0 Å². The summed E-state index contributed by atoms with van der Waals surface area (Å²) in [5.41, 5.74) is 2.19.